The van der Waals surface area contributed by atoms with Crippen LogP contribution in [0.1, 0.15) is 5.69 Å². The standard InChI is InChI=1S/C10H8ClN3O2/c11-7-1-3-12-8(5-7)6-14-4-2-9(15)13-10(14)16/h1-5H,6H2,(H,13,15,16). The minimum Gasteiger partial charge on any atom is -0.295 e. The zero-order chi connectivity index (χ0) is 11.5. The lowest BCUT2D eigenvalue weighted by atomic mass is 10.3. The minimum absolute atomic E-state index is 0.274. The van der Waals surface area contributed by atoms with Gasteiger partial charge in [0.15, 0.2) is 0 Å². The summed E-state index contributed by atoms with van der Waals surface area (Å²) in [7, 11) is 0. The molecule has 0 unspecified atom stereocenters. The van der Waals surface area contributed by atoms with E-state index in [1.54, 1.807) is 18.3 Å². The van der Waals surface area contributed by atoms with Gasteiger partial charge in [0, 0.05) is 23.5 Å². The first-order chi connectivity index (χ1) is 7.65. The van der Waals surface area contributed by atoms with Crippen molar-refractivity contribution < 1.29 is 0 Å². The highest BCUT2D eigenvalue weighted by Crippen LogP contribution is 2.08. The molecule has 0 aliphatic heterocycles. The van der Waals surface area contributed by atoms with Gasteiger partial charge < -0.3 is 0 Å². The van der Waals surface area contributed by atoms with E-state index in [1.807, 2.05) is 0 Å². The molecule has 2 aromatic rings. The Kier molecular flexibility index (Phi) is 2.87. The first-order valence-corrected chi connectivity index (χ1v) is 4.93. The van der Waals surface area contributed by atoms with Gasteiger partial charge in [0.2, 0.25) is 0 Å². The highest BCUT2D eigenvalue weighted by atomic mass is 35.5. The predicted molar refractivity (Wildman–Crippen MR) is 59.7 cm³/mol. The Morgan fingerprint density at radius 2 is 2.19 bits per heavy atom. The molecule has 2 aromatic heterocycles. The van der Waals surface area contributed by atoms with Crippen LogP contribution in [0, 0.1) is 0 Å². The molecule has 0 spiro atoms. The fourth-order valence-electron chi connectivity index (χ4n) is 1.28. The molecule has 6 heteroatoms. The van der Waals surface area contributed by atoms with Gasteiger partial charge in [0.05, 0.1) is 12.2 Å². The first kappa shape index (κ1) is 10.6. The number of rotatable bonds is 2. The van der Waals surface area contributed by atoms with Crippen LogP contribution in [-0.2, 0) is 6.54 Å². The number of nitrogens with one attached hydrogen (secondary N) is 1. The average Bonchev–Trinajstić information content (AvgIpc) is 2.22. The molecule has 0 amide bonds. The van der Waals surface area contributed by atoms with Crippen molar-refractivity contribution in [3.05, 3.63) is 62.1 Å². The number of nitrogens with zero attached hydrogens (tertiary/aromatic N) is 2. The zero-order valence-corrected chi connectivity index (χ0v) is 8.94. The van der Waals surface area contributed by atoms with Gasteiger partial charge in [-0.1, -0.05) is 11.6 Å². The zero-order valence-electron chi connectivity index (χ0n) is 8.18. The van der Waals surface area contributed by atoms with Gasteiger partial charge in [-0.15, -0.1) is 0 Å². The van der Waals surface area contributed by atoms with E-state index in [2.05, 4.69) is 9.97 Å². The van der Waals surface area contributed by atoms with Gasteiger partial charge in [-0.2, -0.15) is 0 Å². The van der Waals surface area contributed by atoms with E-state index in [-0.39, 0.29) is 6.54 Å². The van der Waals surface area contributed by atoms with Crippen molar-refractivity contribution in [2.75, 3.05) is 0 Å². The van der Waals surface area contributed by atoms with Crippen molar-refractivity contribution in [3.8, 4) is 0 Å². The van der Waals surface area contributed by atoms with Crippen LogP contribution in [0.15, 0.2) is 40.2 Å². The molecule has 0 aliphatic rings. The van der Waals surface area contributed by atoms with Crippen molar-refractivity contribution in [1.82, 2.24) is 14.5 Å². The molecule has 0 bridgehead atoms. The highest BCUT2D eigenvalue weighted by Gasteiger charge is 2.00. The van der Waals surface area contributed by atoms with E-state index in [9.17, 15) is 9.59 Å². The van der Waals surface area contributed by atoms with Crippen molar-refractivity contribution >= 4 is 11.6 Å². The van der Waals surface area contributed by atoms with Gasteiger partial charge in [0.1, 0.15) is 0 Å². The number of hydrogen-bond donors (Lipinski definition) is 1. The van der Waals surface area contributed by atoms with Gasteiger partial charge in [-0.3, -0.25) is 19.3 Å². The molecule has 1 N–H and O–H groups in total. The Morgan fingerprint density at radius 1 is 1.38 bits per heavy atom. The fraction of sp³-hybridized carbons (Fsp3) is 0.100. The summed E-state index contributed by atoms with van der Waals surface area (Å²) >= 11 is 5.79. The molecule has 82 valence electrons. The number of halogens is 1. The number of hydrogen-bond acceptors (Lipinski definition) is 3. The van der Waals surface area contributed by atoms with Crippen LogP contribution >= 0.6 is 11.6 Å². The lowest BCUT2D eigenvalue weighted by molar-refractivity contribution is 0.705. The molecular weight excluding hydrogens is 230 g/mol. The summed E-state index contributed by atoms with van der Waals surface area (Å²) in [4.78, 5) is 28.4. The van der Waals surface area contributed by atoms with Crippen LogP contribution in [-0.4, -0.2) is 14.5 Å². The third-order valence-electron chi connectivity index (χ3n) is 2.01. The van der Waals surface area contributed by atoms with Crippen LogP contribution in [0.2, 0.25) is 5.02 Å². The molecule has 0 aliphatic carbocycles. The summed E-state index contributed by atoms with van der Waals surface area (Å²) in [6, 6.07) is 4.60. The van der Waals surface area contributed by atoms with Crippen LogP contribution in [0.5, 0.6) is 0 Å². The third kappa shape index (κ3) is 2.38. The highest BCUT2D eigenvalue weighted by molar-refractivity contribution is 6.30. The third-order valence-corrected chi connectivity index (χ3v) is 2.24. The minimum atomic E-state index is -0.464. The molecule has 5 nitrogen and oxygen atoms in total. The summed E-state index contributed by atoms with van der Waals surface area (Å²) in [6.45, 7) is 0.274. The van der Waals surface area contributed by atoms with E-state index in [0.717, 1.165) is 0 Å². The molecule has 0 saturated heterocycles. The molecule has 0 aromatic carbocycles. The second-order valence-electron chi connectivity index (χ2n) is 3.20. The molecule has 2 rings (SSSR count). The van der Waals surface area contributed by atoms with Crippen LogP contribution in [0.4, 0.5) is 0 Å². The van der Waals surface area contributed by atoms with Crippen molar-refractivity contribution in [3.63, 3.8) is 0 Å². The molecule has 0 saturated carbocycles. The molecule has 0 radical (unpaired) electrons. The molecule has 2 heterocycles. The lowest BCUT2D eigenvalue weighted by Crippen LogP contribution is -2.29. The Morgan fingerprint density at radius 3 is 2.88 bits per heavy atom. The quantitative estimate of drug-likeness (QED) is 0.833. The Hall–Kier alpha value is -1.88. The average molecular weight is 238 g/mol. The van der Waals surface area contributed by atoms with Gasteiger partial charge >= 0.3 is 5.69 Å². The van der Waals surface area contributed by atoms with Crippen LogP contribution in [0.25, 0.3) is 0 Å². The first-order valence-electron chi connectivity index (χ1n) is 4.55. The maximum absolute atomic E-state index is 11.4. The summed E-state index contributed by atoms with van der Waals surface area (Å²) < 4.78 is 1.35. The number of aromatic nitrogens is 3. The summed E-state index contributed by atoms with van der Waals surface area (Å²) in [5, 5.41) is 0.558. The van der Waals surface area contributed by atoms with Gasteiger partial charge in [0.25, 0.3) is 5.56 Å². The topological polar surface area (TPSA) is 67.8 Å². The van der Waals surface area contributed by atoms with Crippen molar-refractivity contribution in [2.24, 2.45) is 0 Å². The van der Waals surface area contributed by atoms with Gasteiger partial charge in [-0.25, -0.2) is 4.79 Å². The predicted octanol–water partition coefficient (Wildman–Crippen LogP) is 0.633. The monoisotopic (exact) mass is 237 g/mol. The number of pyridine rings is 1. The maximum Gasteiger partial charge on any atom is 0.328 e. The van der Waals surface area contributed by atoms with E-state index < -0.39 is 11.2 Å². The Balaban J connectivity index is 2.34. The lowest BCUT2D eigenvalue weighted by Gasteiger charge is -2.03. The molecule has 0 fully saturated rings. The van der Waals surface area contributed by atoms with Gasteiger partial charge in [-0.05, 0) is 12.1 Å². The maximum atomic E-state index is 11.4. The Bertz CT molecular complexity index is 618. The van der Waals surface area contributed by atoms with Crippen LogP contribution in [0.3, 0.4) is 0 Å². The van der Waals surface area contributed by atoms with E-state index in [1.165, 1.54) is 16.8 Å². The second kappa shape index (κ2) is 4.32. The normalized spacial score (nSPS) is 10.3. The smallest absolute Gasteiger partial charge is 0.295 e. The fourth-order valence-corrected chi connectivity index (χ4v) is 1.46. The SMILES string of the molecule is O=c1ccn(Cc2cc(Cl)ccn2)c(=O)[nH]1. The van der Waals surface area contributed by atoms with Crippen molar-refractivity contribution in [2.45, 2.75) is 6.54 Å². The van der Waals surface area contributed by atoms with Crippen LogP contribution < -0.4 is 11.2 Å². The molecule has 16 heavy (non-hydrogen) atoms. The Labute approximate surface area is 95.3 Å². The summed E-state index contributed by atoms with van der Waals surface area (Å²) in [5.74, 6) is 0. The molecule has 0 atom stereocenters. The second-order valence-corrected chi connectivity index (χ2v) is 3.64. The summed E-state index contributed by atoms with van der Waals surface area (Å²) in [6.07, 6.45) is 2.98. The largest absolute Gasteiger partial charge is 0.328 e. The number of H-pyrrole nitrogens is 1. The van der Waals surface area contributed by atoms with E-state index in [0.29, 0.717) is 10.7 Å². The van der Waals surface area contributed by atoms with Crippen molar-refractivity contribution in [1.29, 1.82) is 0 Å². The van der Waals surface area contributed by atoms with E-state index >= 15 is 0 Å². The molecular formula is C10H8ClN3O2. The summed E-state index contributed by atoms with van der Waals surface area (Å²) in [5.41, 5.74) is -0.226. The number of aromatic amines is 1. The van der Waals surface area contributed by atoms with E-state index in [4.69, 9.17) is 11.6 Å².